The lowest BCUT2D eigenvalue weighted by Gasteiger charge is -2.36. The van der Waals surface area contributed by atoms with Crippen molar-refractivity contribution in [1.82, 2.24) is 20.2 Å². The molecule has 230 valence electrons. The summed E-state index contributed by atoms with van der Waals surface area (Å²) in [6.07, 6.45) is 1.40. The zero-order valence-corrected chi connectivity index (χ0v) is 25.7. The Morgan fingerprint density at radius 1 is 0.955 bits per heavy atom. The largest absolute Gasteiger partial charge is 0.392 e. The Morgan fingerprint density at radius 2 is 1.64 bits per heavy atom. The smallest absolute Gasteiger partial charge is 0.315 e. The SMILES string of the molecule is CC(=O)[C@@H](Cc1ccccc1)NC(=O)NCc1ccc(C2O[C@H](Cn3cnc(Cl)c3Cl)C[C@H](c3ccc(CO)cc3)O2)cc1. The van der Waals surface area contributed by atoms with Gasteiger partial charge in [-0.3, -0.25) is 4.79 Å². The average molecular weight is 638 g/mol. The van der Waals surface area contributed by atoms with Crippen molar-refractivity contribution in [3.8, 4) is 0 Å². The molecule has 1 fully saturated rings. The fourth-order valence-electron chi connectivity index (χ4n) is 5.05. The highest BCUT2D eigenvalue weighted by atomic mass is 35.5. The molecule has 0 radical (unpaired) electrons. The molecule has 0 bridgehead atoms. The molecule has 9 nitrogen and oxygen atoms in total. The Kier molecular flexibility index (Phi) is 10.7. The van der Waals surface area contributed by atoms with Gasteiger partial charge in [-0.25, -0.2) is 9.78 Å². The van der Waals surface area contributed by atoms with Crippen LogP contribution in [0.4, 0.5) is 4.79 Å². The van der Waals surface area contributed by atoms with Crippen LogP contribution in [0.2, 0.25) is 10.3 Å². The maximum Gasteiger partial charge on any atom is 0.315 e. The van der Waals surface area contributed by atoms with E-state index in [2.05, 4.69) is 15.6 Å². The molecular formula is C33H34Cl2N4O5. The number of aromatic nitrogens is 2. The van der Waals surface area contributed by atoms with E-state index in [1.807, 2.05) is 78.9 Å². The predicted octanol–water partition coefficient (Wildman–Crippen LogP) is 5.93. The number of rotatable bonds is 11. The first-order chi connectivity index (χ1) is 21.3. The van der Waals surface area contributed by atoms with Crippen molar-refractivity contribution in [3.05, 3.63) is 123 Å². The summed E-state index contributed by atoms with van der Waals surface area (Å²) in [7, 11) is 0. The van der Waals surface area contributed by atoms with Gasteiger partial charge in [0, 0.05) is 18.5 Å². The second kappa shape index (κ2) is 14.8. The predicted molar refractivity (Wildman–Crippen MR) is 167 cm³/mol. The quantitative estimate of drug-likeness (QED) is 0.188. The number of nitrogens with one attached hydrogen (secondary N) is 2. The molecule has 2 heterocycles. The van der Waals surface area contributed by atoms with E-state index in [0.717, 1.165) is 27.8 Å². The van der Waals surface area contributed by atoms with E-state index < -0.39 is 18.4 Å². The first-order valence-corrected chi connectivity index (χ1v) is 15.1. The molecule has 11 heteroatoms. The third-order valence-electron chi connectivity index (χ3n) is 7.53. The topological polar surface area (TPSA) is 115 Å². The van der Waals surface area contributed by atoms with Gasteiger partial charge in [-0.05, 0) is 35.6 Å². The summed E-state index contributed by atoms with van der Waals surface area (Å²) in [5.41, 5.74) is 4.45. The van der Waals surface area contributed by atoms with Gasteiger partial charge in [-0.2, -0.15) is 0 Å². The van der Waals surface area contributed by atoms with E-state index in [-0.39, 0.29) is 36.3 Å². The molecule has 0 spiro atoms. The van der Waals surface area contributed by atoms with Crippen LogP contribution in [-0.4, -0.2) is 38.6 Å². The zero-order chi connectivity index (χ0) is 31.1. The molecule has 44 heavy (non-hydrogen) atoms. The van der Waals surface area contributed by atoms with Crippen molar-refractivity contribution in [3.63, 3.8) is 0 Å². The number of nitrogens with zero attached hydrogens (tertiary/aromatic N) is 2. The standard InChI is InChI=1S/C33H34Cl2N4O5/c1-21(41)28(15-22-5-3-2-4-6-22)38-33(42)36-17-23-7-13-26(14-8-23)32-43-27(18-39-20-37-30(34)31(39)35)16-29(44-32)25-11-9-24(19-40)10-12-25/h2-14,20,27-29,32,40H,15-19H2,1H3,(H2,36,38,42)/t27-,28+,29+,32?/m0/s1. The number of halogens is 2. The van der Waals surface area contributed by atoms with Crippen LogP contribution < -0.4 is 10.6 Å². The number of benzene rings is 3. The number of imidazole rings is 1. The van der Waals surface area contributed by atoms with Gasteiger partial charge >= 0.3 is 6.03 Å². The number of carbonyl (C=O) groups is 2. The van der Waals surface area contributed by atoms with Gasteiger partial charge < -0.3 is 29.8 Å². The number of ether oxygens (including phenoxy) is 2. The number of ketones is 1. The molecule has 1 saturated heterocycles. The number of aliphatic hydroxyl groups is 1. The molecule has 1 aliphatic heterocycles. The molecule has 3 aromatic carbocycles. The van der Waals surface area contributed by atoms with Gasteiger partial charge in [0.15, 0.2) is 17.2 Å². The molecule has 2 amide bonds. The second-order valence-corrected chi connectivity index (χ2v) is 11.5. The van der Waals surface area contributed by atoms with Crippen LogP contribution in [0.15, 0.2) is 85.2 Å². The fourth-order valence-corrected chi connectivity index (χ4v) is 5.37. The molecular weight excluding hydrogens is 603 g/mol. The molecule has 5 rings (SSSR count). The first-order valence-electron chi connectivity index (χ1n) is 14.3. The molecule has 4 aromatic rings. The molecule has 3 N–H and O–H groups in total. The van der Waals surface area contributed by atoms with E-state index in [4.69, 9.17) is 32.7 Å². The minimum absolute atomic E-state index is 0.0338. The number of aliphatic hydroxyl groups excluding tert-OH is 1. The van der Waals surface area contributed by atoms with Crippen molar-refractivity contribution in [2.24, 2.45) is 0 Å². The average Bonchev–Trinajstić information content (AvgIpc) is 3.36. The Labute approximate surface area is 266 Å². The van der Waals surface area contributed by atoms with Crippen LogP contribution in [0.3, 0.4) is 0 Å². The van der Waals surface area contributed by atoms with Crippen LogP contribution in [0.25, 0.3) is 0 Å². The Morgan fingerprint density at radius 3 is 2.27 bits per heavy atom. The summed E-state index contributed by atoms with van der Waals surface area (Å²) in [6.45, 7) is 2.15. The van der Waals surface area contributed by atoms with Crippen molar-refractivity contribution in [2.45, 2.75) is 64.0 Å². The summed E-state index contributed by atoms with van der Waals surface area (Å²) in [4.78, 5) is 28.8. The van der Waals surface area contributed by atoms with Crippen LogP contribution in [0.1, 0.15) is 53.6 Å². The Balaban J connectivity index is 1.23. The lowest BCUT2D eigenvalue weighted by Crippen LogP contribution is -2.46. The summed E-state index contributed by atoms with van der Waals surface area (Å²) >= 11 is 12.4. The molecule has 1 unspecified atom stereocenters. The molecule has 0 saturated carbocycles. The van der Waals surface area contributed by atoms with E-state index in [9.17, 15) is 14.7 Å². The molecule has 1 aromatic heterocycles. The van der Waals surface area contributed by atoms with Gasteiger partial charge in [0.2, 0.25) is 0 Å². The second-order valence-electron chi connectivity index (χ2n) is 10.8. The Hall–Kier alpha value is -3.73. The van der Waals surface area contributed by atoms with E-state index in [0.29, 0.717) is 24.5 Å². The molecule has 4 atom stereocenters. The normalized spacial score (nSPS) is 18.9. The van der Waals surface area contributed by atoms with Crippen LogP contribution >= 0.6 is 23.2 Å². The first kappa shape index (κ1) is 31.7. The van der Waals surface area contributed by atoms with Crippen molar-refractivity contribution >= 4 is 35.0 Å². The highest BCUT2D eigenvalue weighted by molar-refractivity contribution is 6.40. The van der Waals surface area contributed by atoms with Gasteiger partial charge in [0.25, 0.3) is 0 Å². The van der Waals surface area contributed by atoms with Crippen molar-refractivity contribution in [1.29, 1.82) is 0 Å². The van der Waals surface area contributed by atoms with Gasteiger partial charge in [-0.1, -0.05) is 102 Å². The third-order valence-corrected chi connectivity index (χ3v) is 8.30. The number of amides is 2. The van der Waals surface area contributed by atoms with Crippen LogP contribution in [0.5, 0.6) is 0 Å². The lowest BCUT2D eigenvalue weighted by molar-refractivity contribution is -0.252. The summed E-state index contributed by atoms with van der Waals surface area (Å²) in [5.74, 6) is -0.111. The lowest BCUT2D eigenvalue weighted by atomic mass is 10.00. The number of urea groups is 1. The maximum atomic E-state index is 12.6. The number of carbonyl (C=O) groups excluding carboxylic acids is 2. The van der Waals surface area contributed by atoms with E-state index >= 15 is 0 Å². The van der Waals surface area contributed by atoms with Crippen LogP contribution in [-0.2, 0) is 40.4 Å². The third kappa shape index (κ3) is 8.25. The van der Waals surface area contributed by atoms with Gasteiger partial charge in [0.05, 0.1) is 37.7 Å². The molecule has 1 aliphatic rings. The summed E-state index contributed by atoms with van der Waals surface area (Å²) in [6, 6.07) is 23.8. The number of hydrogen-bond donors (Lipinski definition) is 3. The van der Waals surface area contributed by atoms with Gasteiger partial charge in [-0.15, -0.1) is 0 Å². The number of Topliss-reactive ketones (excluding diaryl/α,β-unsaturated/α-hetero) is 1. The summed E-state index contributed by atoms with van der Waals surface area (Å²) < 4.78 is 14.5. The monoisotopic (exact) mass is 636 g/mol. The van der Waals surface area contributed by atoms with E-state index in [1.54, 1.807) is 10.9 Å². The summed E-state index contributed by atoms with van der Waals surface area (Å²) in [5, 5.41) is 15.6. The van der Waals surface area contributed by atoms with Crippen LogP contribution in [0, 0.1) is 0 Å². The highest BCUT2D eigenvalue weighted by Crippen LogP contribution is 2.39. The minimum Gasteiger partial charge on any atom is -0.392 e. The molecule has 0 aliphatic carbocycles. The highest BCUT2D eigenvalue weighted by Gasteiger charge is 2.33. The number of hydrogen-bond acceptors (Lipinski definition) is 6. The zero-order valence-electron chi connectivity index (χ0n) is 24.2. The fraction of sp³-hybridized carbons (Fsp3) is 0.303. The van der Waals surface area contributed by atoms with Gasteiger partial charge in [0.1, 0.15) is 5.15 Å². The van der Waals surface area contributed by atoms with Crippen molar-refractivity contribution in [2.75, 3.05) is 0 Å². The minimum atomic E-state index is -0.659. The Bertz CT molecular complexity index is 1550. The van der Waals surface area contributed by atoms with E-state index in [1.165, 1.54) is 6.92 Å². The van der Waals surface area contributed by atoms with Crippen molar-refractivity contribution < 1.29 is 24.2 Å². The maximum absolute atomic E-state index is 12.6.